The van der Waals surface area contributed by atoms with Gasteiger partial charge in [0.1, 0.15) is 12.0 Å². The highest BCUT2D eigenvalue weighted by atomic mass is 16.5. The van der Waals surface area contributed by atoms with Gasteiger partial charge in [-0.2, -0.15) is 0 Å². The van der Waals surface area contributed by atoms with E-state index in [2.05, 4.69) is 26.1 Å². The molecule has 4 rings (SSSR count). The molecule has 0 spiro atoms. The number of nitrogens with one attached hydrogen (secondary N) is 3. The Morgan fingerprint density at radius 1 is 0.865 bits per heavy atom. The van der Waals surface area contributed by atoms with Crippen LogP contribution in [0.25, 0.3) is 0 Å². The van der Waals surface area contributed by atoms with Crippen LogP contribution in [0.2, 0.25) is 0 Å². The molecule has 9 heteroatoms. The zero-order chi connectivity index (χ0) is 26.0. The number of rotatable bonds is 11. The van der Waals surface area contributed by atoms with Crippen LogP contribution in [0.15, 0.2) is 85.2 Å². The highest BCUT2D eigenvalue weighted by Gasteiger charge is 2.23. The predicted octanol–water partition coefficient (Wildman–Crippen LogP) is 4.01. The number of nitrogen functional groups attached to an aromatic ring is 1. The molecule has 1 amide bonds. The first-order valence-electron chi connectivity index (χ1n) is 11.8. The van der Waals surface area contributed by atoms with Crippen LogP contribution in [0.4, 0.5) is 17.3 Å². The van der Waals surface area contributed by atoms with Crippen molar-refractivity contribution < 1.29 is 14.3 Å². The topological polar surface area (TPSA) is 123 Å². The molecular formula is C28H30N6O3. The van der Waals surface area contributed by atoms with Gasteiger partial charge in [-0.15, -0.1) is 0 Å². The van der Waals surface area contributed by atoms with Gasteiger partial charge in [-0.1, -0.05) is 66.7 Å². The molecule has 0 aliphatic rings. The number of amides is 1. The van der Waals surface area contributed by atoms with Gasteiger partial charge in [0.15, 0.2) is 23.1 Å². The number of methoxy groups -OCH3 is 2. The second kappa shape index (κ2) is 12.3. The van der Waals surface area contributed by atoms with Crippen molar-refractivity contribution in [1.29, 1.82) is 0 Å². The van der Waals surface area contributed by atoms with Crippen LogP contribution in [-0.4, -0.2) is 36.6 Å². The zero-order valence-corrected chi connectivity index (χ0v) is 20.8. The first-order chi connectivity index (χ1) is 18.1. The third-order valence-corrected chi connectivity index (χ3v) is 5.87. The number of aromatic nitrogens is 2. The summed E-state index contributed by atoms with van der Waals surface area (Å²) in [4.78, 5) is 21.7. The van der Waals surface area contributed by atoms with Crippen molar-refractivity contribution >= 4 is 23.2 Å². The normalized spacial score (nSPS) is 10.6. The third-order valence-electron chi connectivity index (χ3n) is 5.87. The van der Waals surface area contributed by atoms with Gasteiger partial charge in [0.25, 0.3) is 0 Å². The lowest BCUT2D eigenvalue weighted by Crippen LogP contribution is -2.35. The van der Waals surface area contributed by atoms with Gasteiger partial charge in [0, 0.05) is 6.54 Å². The molecule has 0 radical (unpaired) electrons. The van der Waals surface area contributed by atoms with Crippen molar-refractivity contribution in [3.8, 4) is 11.5 Å². The van der Waals surface area contributed by atoms with E-state index < -0.39 is 5.92 Å². The fraction of sp³-hybridized carbons (Fsp3) is 0.179. The fourth-order valence-electron chi connectivity index (χ4n) is 3.98. The van der Waals surface area contributed by atoms with E-state index in [4.69, 9.17) is 15.2 Å². The Bertz CT molecular complexity index is 1280. The van der Waals surface area contributed by atoms with Gasteiger partial charge in [-0.3, -0.25) is 15.6 Å². The van der Waals surface area contributed by atoms with Gasteiger partial charge in [-0.05, 0) is 35.2 Å². The summed E-state index contributed by atoms with van der Waals surface area (Å²) in [6, 6.07) is 25.0. The Kier molecular flexibility index (Phi) is 8.38. The highest BCUT2D eigenvalue weighted by Crippen LogP contribution is 2.28. The maximum Gasteiger partial charge on any atom is 0.250 e. The Morgan fingerprint density at radius 3 is 2.11 bits per heavy atom. The summed E-state index contributed by atoms with van der Waals surface area (Å²) < 4.78 is 10.7. The monoisotopic (exact) mass is 498 g/mol. The van der Waals surface area contributed by atoms with Crippen LogP contribution < -0.4 is 31.4 Å². The van der Waals surface area contributed by atoms with Crippen molar-refractivity contribution in [3.05, 3.63) is 102 Å². The molecule has 1 heterocycles. The summed E-state index contributed by atoms with van der Waals surface area (Å²) in [5.74, 6) is 1.38. The van der Waals surface area contributed by atoms with E-state index in [1.165, 1.54) is 6.33 Å². The number of ether oxygens (including phenoxy) is 2. The first-order valence-corrected chi connectivity index (χ1v) is 11.8. The second-order valence-corrected chi connectivity index (χ2v) is 8.22. The van der Waals surface area contributed by atoms with Crippen molar-refractivity contribution in [2.45, 2.75) is 12.3 Å². The molecule has 0 saturated carbocycles. The maximum absolute atomic E-state index is 13.2. The van der Waals surface area contributed by atoms with Gasteiger partial charge < -0.3 is 20.5 Å². The van der Waals surface area contributed by atoms with Crippen molar-refractivity contribution in [3.63, 3.8) is 0 Å². The average molecular weight is 499 g/mol. The van der Waals surface area contributed by atoms with Crippen LogP contribution >= 0.6 is 0 Å². The third kappa shape index (κ3) is 6.26. The molecule has 9 nitrogen and oxygen atoms in total. The molecule has 4 aromatic rings. The maximum atomic E-state index is 13.2. The van der Waals surface area contributed by atoms with Gasteiger partial charge in [-0.25, -0.2) is 9.97 Å². The predicted molar refractivity (Wildman–Crippen MR) is 145 cm³/mol. The molecule has 3 aromatic carbocycles. The second-order valence-electron chi connectivity index (χ2n) is 8.22. The first kappa shape index (κ1) is 25.3. The molecule has 190 valence electrons. The number of hydrogen-bond donors (Lipinski definition) is 4. The van der Waals surface area contributed by atoms with Crippen LogP contribution in [0.5, 0.6) is 11.5 Å². The number of nitrogens with two attached hydrogens (primary N) is 1. The minimum absolute atomic E-state index is 0.238. The van der Waals surface area contributed by atoms with E-state index in [0.29, 0.717) is 41.8 Å². The molecule has 0 atom stereocenters. The van der Waals surface area contributed by atoms with Gasteiger partial charge in [0.2, 0.25) is 5.91 Å². The Labute approximate surface area is 216 Å². The molecule has 37 heavy (non-hydrogen) atoms. The molecular weight excluding hydrogens is 468 g/mol. The van der Waals surface area contributed by atoms with E-state index in [1.807, 2.05) is 78.9 Å². The molecule has 0 unspecified atom stereocenters. The van der Waals surface area contributed by atoms with E-state index in [0.717, 1.165) is 16.7 Å². The van der Waals surface area contributed by atoms with E-state index in [9.17, 15) is 4.79 Å². The Balaban J connectivity index is 1.41. The lowest BCUT2D eigenvalue weighted by atomic mass is 9.91. The lowest BCUT2D eigenvalue weighted by molar-refractivity contribution is -0.121. The SMILES string of the molecule is COc1ccc(CCNc2ncnc(NNC(=O)C(c3ccccc3)c3ccccc3)c2N)cc1OC. The van der Waals surface area contributed by atoms with Crippen molar-refractivity contribution in [2.75, 3.05) is 37.2 Å². The molecule has 0 saturated heterocycles. The minimum Gasteiger partial charge on any atom is -0.493 e. The number of nitrogens with zero attached hydrogens (tertiary/aromatic N) is 2. The van der Waals surface area contributed by atoms with Crippen LogP contribution in [0.3, 0.4) is 0 Å². The standard InChI is InChI=1S/C28H30N6O3/c1-36-22-14-13-19(17-23(22)37-2)15-16-30-26-25(29)27(32-18-31-26)33-34-28(35)24(20-9-5-3-6-10-20)21-11-7-4-8-12-21/h3-14,17-18,24H,15-16,29H2,1-2H3,(H,34,35)(H2,30,31,32,33). The molecule has 0 aliphatic carbocycles. The van der Waals surface area contributed by atoms with E-state index in [1.54, 1.807) is 14.2 Å². The quantitative estimate of drug-likeness (QED) is 0.229. The number of carbonyl (C=O) groups excluding carboxylic acids is 1. The Hall–Kier alpha value is -4.79. The Morgan fingerprint density at radius 2 is 1.49 bits per heavy atom. The summed E-state index contributed by atoms with van der Waals surface area (Å²) in [6.45, 7) is 0.576. The fourth-order valence-corrected chi connectivity index (χ4v) is 3.98. The number of hydrazine groups is 1. The zero-order valence-electron chi connectivity index (χ0n) is 20.8. The molecule has 1 aromatic heterocycles. The summed E-state index contributed by atoms with van der Waals surface area (Å²) in [5.41, 5.74) is 15.0. The summed E-state index contributed by atoms with van der Waals surface area (Å²) in [7, 11) is 3.21. The smallest absolute Gasteiger partial charge is 0.250 e. The number of benzene rings is 3. The largest absolute Gasteiger partial charge is 0.493 e. The summed E-state index contributed by atoms with van der Waals surface area (Å²) in [6.07, 6.45) is 2.09. The van der Waals surface area contributed by atoms with Crippen molar-refractivity contribution in [1.82, 2.24) is 15.4 Å². The van der Waals surface area contributed by atoms with E-state index >= 15 is 0 Å². The van der Waals surface area contributed by atoms with E-state index in [-0.39, 0.29) is 5.91 Å². The summed E-state index contributed by atoms with van der Waals surface area (Å²) >= 11 is 0. The van der Waals surface area contributed by atoms with Crippen LogP contribution in [0, 0.1) is 0 Å². The highest BCUT2D eigenvalue weighted by molar-refractivity contribution is 5.88. The molecule has 0 fully saturated rings. The van der Waals surface area contributed by atoms with Crippen molar-refractivity contribution in [2.24, 2.45) is 0 Å². The number of hydrogen-bond acceptors (Lipinski definition) is 8. The number of carbonyl (C=O) groups is 1. The number of anilines is 3. The molecule has 0 bridgehead atoms. The molecule has 0 aliphatic heterocycles. The van der Waals surface area contributed by atoms with Gasteiger partial charge in [0.05, 0.1) is 20.1 Å². The average Bonchev–Trinajstić information content (AvgIpc) is 2.94. The lowest BCUT2D eigenvalue weighted by Gasteiger charge is -2.19. The minimum atomic E-state index is -0.503. The molecule has 5 N–H and O–H groups in total. The van der Waals surface area contributed by atoms with Gasteiger partial charge >= 0.3 is 0 Å². The summed E-state index contributed by atoms with van der Waals surface area (Å²) in [5, 5.41) is 3.23. The van der Waals surface area contributed by atoms with Crippen LogP contribution in [-0.2, 0) is 11.2 Å². The van der Waals surface area contributed by atoms with Crippen LogP contribution in [0.1, 0.15) is 22.6 Å².